The molecule has 0 unspecified atom stereocenters. The second-order valence-corrected chi connectivity index (χ2v) is 10.5. The topological polar surface area (TPSA) is 87.1 Å². The molecule has 5 rings (SSSR count). The lowest BCUT2D eigenvalue weighted by atomic mass is 9.93. The normalized spacial score (nSPS) is 10.8. The summed E-state index contributed by atoms with van der Waals surface area (Å²) < 4.78 is 5.33. The lowest BCUT2D eigenvalue weighted by Crippen LogP contribution is -2.35. The van der Waals surface area contributed by atoms with Crippen molar-refractivity contribution in [3.8, 4) is 16.9 Å². The van der Waals surface area contributed by atoms with Crippen LogP contribution in [0.15, 0.2) is 115 Å². The van der Waals surface area contributed by atoms with E-state index >= 15 is 0 Å². The number of benzene rings is 5. The van der Waals surface area contributed by atoms with Crippen molar-refractivity contribution in [3.63, 3.8) is 0 Å². The van der Waals surface area contributed by atoms with Crippen molar-refractivity contribution in [3.05, 3.63) is 132 Å². The number of carboxylic acid groups (broad SMARTS) is 1. The Balaban J connectivity index is 1.48. The highest BCUT2D eigenvalue weighted by Crippen LogP contribution is 2.32. The van der Waals surface area contributed by atoms with Crippen molar-refractivity contribution in [2.24, 2.45) is 0 Å². The summed E-state index contributed by atoms with van der Waals surface area (Å²) in [6.07, 6.45) is 0.340. The number of methoxy groups -OCH3 is 1. The van der Waals surface area contributed by atoms with Crippen LogP contribution in [0.4, 0.5) is 5.69 Å². The summed E-state index contributed by atoms with van der Waals surface area (Å²) in [4.78, 5) is 42.8. The first-order valence-electron chi connectivity index (χ1n) is 14.5. The number of rotatable bonds is 11. The van der Waals surface area contributed by atoms with Gasteiger partial charge < -0.3 is 19.6 Å². The van der Waals surface area contributed by atoms with E-state index in [9.17, 15) is 19.5 Å². The van der Waals surface area contributed by atoms with Crippen LogP contribution in [0.2, 0.25) is 0 Å². The van der Waals surface area contributed by atoms with Crippen molar-refractivity contribution >= 4 is 34.2 Å². The van der Waals surface area contributed by atoms with Gasteiger partial charge in [0.25, 0.3) is 11.8 Å². The largest absolute Gasteiger partial charge is 0.497 e. The molecule has 0 heterocycles. The van der Waals surface area contributed by atoms with Gasteiger partial charge in [-0.15, -0.1) is 0 Å². The van der Waals surface area contributed by atoms with Crippen molar-refractivity contribution in [1.82, 2.24) is 4.90 Å². The fourth-order valence-corrected chi connectivity index (χ4v) is 5.41. The molecule has 1 N–H and O–H groups in total. The number of fused-ring (bicyclic) bond motifs is 1. The third-order valence-corrected chi connectivity index (χ3v) is 7.73. The van der Waals surface area contributed by atoms with E-state index in [0.29, 0.717) is 41.0 Å². The maximum Gasteiger partial charge on any atom is 0.305 e. The van der Waals surface area contributed by atoms with Crippen molar-refractivity contribution in [2.75, 3.05) is 32.1 Å². The minimum absolute atomic E-state index is 0.0524. The summed E-state index contributed by atoms with van der Waals surface area (Å²) in [6.45, 7) is 0.370. The molecule has 5 aromatic carbocycles. The van der Waals surface area contributed by atoms with Crippen LogP contribution in [-0.2, 0) is 11.2 Å². The molecule has 0 bridgehead atoms. The number of carbonyl (C=O) groups is 3. The Kier molecular flexibility index (Phi) is 9.35. The van der Waals surface area contributed by atoms with Crippen LogP contribution in [0.1, 0.15) is 32.7 Å². The van der Waals surface area contributed by atoms with Gasteiger partial charge in [0, 0.05) is 36.7 Å². The van der Waals surface area contributed by atoms with Crippen LogP contribution >= 0.6 is 0 Å². The summed E-state index contributed by atoms with van der Waals surface area (Å²) in [7, 11) is 3.35. The van der Waals surface area contributed by atoms with Crippen molar-refractivity contribution in [2.45, 2.75) is 12.8 Å². The number of nitrogens with zero attached hydrogens (tertiary/aromatic N) is 2. The molecular weight excluding hydrogens is 552 g/mol. The van der Waals surface area contributed by atoms with Gasteiger partial charge in [0.15, 0.2) is 0 Å². The number of hydrogen-bond acceptors (Lipinski definition) is 4. The molecule has 0 fully saturated rings. The van der Waals surface area contributed by atoms with Gasteiger partial charge in [-0.05, 0) is 58.8 Å². The predicted octanol–water partition coefficient (Wildman–Crippen LogP) is 6.95. The molecule has 0 aliphatic carbocycles. The quantitative estimate of drug-likeness (QED) is 0.181. The standard InChI is InChI=1S/C37H34N2O5/c1-38(34-20-10-13-27-12-3-4-15-29(27)34)36(42)32-18-7-5-16-30(32)31-17-6-8-19-33(31)37(43)39(24-22-35(40)41)23-21-26-11-9-14-28(25-26)44-2/h3-20,25H,21-24H2,1-2H3,(H,40,41). The number of aliphatic carboxylic acids is 1. The van der Waals surface area contributed by atoms with E-state index in [1.807, 2.05) is 97.1 Å². The number of ether oxygens (including phenoxy) is 1. The Bertz CT molecular complexity index is 1810. The smallest absolute Gasteiger partial charge is 0.305 e. The molecule has 0 aliphatic heterocycles. The number of amides is 2. The maximum absolute atomic E-state index is 14.1. The highest BCUT2D eigenvalue weighted by molar-refractivity contribution is 6.14. The second-order valence-electron chi connectivity index (χ2n) is 10.5. The molecule has 0 aromatic heterocycles. The Morgan fingerprint density at radius 2 is 1.32 bits per heavy atom. The van der Waals surface area contributed by atoms with Gasteiger partial charge in [0.1, 0.15) is 5.75 Å². The summed E-state index contributed by atoms with van der Waals surface area (Å²) in [5.74, 6) is -0.773. The van der Waals surface area contributed by atoms with E-state index in [4.69, 9.17) is 4.74 Å². The third-order valence-electron chi connectivity index (χ3n) is 7.73. The molecule has 7 heteroatoms. The van der Waals surface area contributed by atoms with E-state index in [1.54, 1.807) is 42.2 Å². The Hall–Kier alpha value is -5.43. The highest BCUT2D eigenvalue weighted by atomic mass is 16.5. The van der Waals surface area contributed by atoms with Gasteiger partial charge in [-0.2, -0.15) is 0 Å². The minimum Gasteiger partial charge on any atom is -0.497 e. The van der Waals surface area contributed by atoms with Crippen LogP contribution in [0, 0.1) is 0 Å². The average molecular weight is 587 g/mol. The number of carbonyl (C=O) groups excluding carboxylic acids is 2. The molecule has 7 nitrogen and oxygen atoms in total. The van der Waals surface area contributed by atoms with Crippen molar-refractivity contribution in [1.29, 1.82) is 0 Å². The molecule has 2 amide bonds. The van der Waals surface area contributed by atoms with E-state index in [0.717, 1.165) is 22.0 Å². The van der Waals surface area contributed by atoms with Crippen LogP contribution in [0.5, 0.6) is 5.75 Å². The fraction of sp³-hybridized carbons (Fsp3) is 0.162. The first kappa shape index (κ1) is 30.0. The zero-order valence-corrected chi connectivity index (χ0v) is 24.8. The number of carboxylic acids is 1. The zero-order valence-electron chi connectivity index (χ0n) is 24.8. The molecule has 44 heavy (non-hydrogen) atoms. The highest BCUT2D eigenvalue weighted by Gasteiger charge is 2.24. The van der Waals surface area contributed by atoms with Gasteiger partial charge in [0.05, 0.1) is 19.2 Å². The van der Waals surface area contributed by atoms with E-state index in [1.165, 1.54) is 0 Å². The van der Waals surface area contributed by atoms with Crippen LogP contribution < -0.4 is 9.64 Å². The van der Waals surface area contributed by atoms with Gasteiger partial charge in [-0.3, -0.25) is 14.4 Å². The summed E-state index contributed by atoms with van der Waals surface area (Å²) in [5, 5.41) is 11.4. The molecule has 0 radical (unpaired) electrons. The second kappa shape index (κ2) is 13.7. The third kappa shape index (κ3) is 6.63. The zero-order chi connectivity index (χ0) is 31.1. The van der Waals surface area contributed by atoms with E-state index < -0.39 is 5.97 Å². The van der Waals surface area contributed by atoms with Crippen LogP contribution in [-0.4, -0.2) is 55.0 Å². The average Bonchev–Trinajstić information content (AvgIpc) is 3.07. The van der Waals surface area contributed by atoms with Crippen molar-refractivity contribution < 1.29 is 24.2 Å². The van der Waals surface area contributed by atoms with Gasteiger partial charge in [0.2, 0.25) is 0 Å². The number of hydrogen-bond donors (Lipinski definition) is 1. The Labute approximate surface area is 256 Å². The molecule has 222 valence electrons. The molecule has 0 atom stereocenters. The minimum atomic E-state index is -0.982. The van der Waals surface area contributed by atoms with E-state index in [2.05, 4.69) is 0 Å². The van der Waals surface area contributed by atoms with Crippen LogP contribution in [0.3, 0.4) is 0 Å². The predicted molar refractivity (Wildman–Crippen MR) is 173 cm³/mol. The molecule has 5 aromatic rings. The Morgan fingerprint density at radius 3 is 2.02 bits per heavy atom. The Morgan fingerprint density at radius 1 is 0.705 bits per heavy atom. The summed E-state index contributed by atoms with van der Waals surface area (Å²) >= 11 is 0. The SMILES string of the molecule is COc1cccc(CCN(CCC(=O)O)C(=O)c2ccccc2-c2ccccc2C(=O)N(C)c2cccc3ccccc23)c1. The fourth-order valence-electron chi connectivity index (χ4n) is 5.41. The lowest BCUT2D eigenvalue weighted by Gasteiger charge is -2.25. The number of anilines is 1. The molecular formula is C37H34N2O5. The first-order chi connectivity index (χ1) is 21.4. The van der Waals surface area contributed by atoms with Gasteiger partial charge in [-0.1, -0.05) is 84.9 Å². The van der Waals surface area contributed by atoms with Gasteiger partial charge in [-0.25, -0.2) is 0 Å². The van der Waals surface area contributed by atoms with Gasteiger partial charge >= 0.3 is 5.97 Å². The molecule has 0 aliphatic rings. The first-order valence-corrected chi connectivity index (χ1v) is 14.5. The molecule has 0 saturated carbocycles. The van der Waals surface area contributed by atoms with E-state index in [-0.39, 0.29) is 24.8 Å². The molecule has 0 spiro atoms. The summed E-state index contributed by atoms with van der Waals surface area (Å²) in [5.41, 5.74) is 3.84. The molecule has 0 saturated heterocycles. The van der Waals surface area contributed by atoms with Crippen LogP contribution in [0.25, 0.3) is 21.9 Å². The monoisotopic (exact) mass is 586 g/mol. The maximum atomic E-state index is 14.1. The lowest BCUT2D eigenvalue weighted by molar-refractivity contribution is -0.137. The summed E-state index contributed by atoms with van der Waals surface area (Å²) in [6, 6.07) is 35.8.